The van der Waals surface area contributed by atoms with E-state index in [2.05, 4.69) is 21.2 Å². The molecule has 1 heterocycles. The van der Waals surface area contributed by atoms with Crippen LogP contribution in [0.25, 0.3) is 0 Å². The van der Waals surface area contributed by atoms with E-state index in [9.17, 15) is 14.4 Å². The number of carbonyl (C=O) groups is 3. The van der Waals surface area contributed by atoms with Gasteiger partial charge in [0.05, 0.1) is 17.2 Å². The largest absolute Gasteiger partial charge is 0.345 e. The fraction of sp³-hybridized carbons (Fsp3) is 0.222. The fourth-order valence-corrected chi connectivity index (χ4v) is 4.33. The minimum Gasteiger partial charge on any atom is -0.345 e. The number of halogens is 1. The quantitative estimate of drug-likeness (QED) is 0.308. The van der Waals surface area contributed by atoms with Gasteiger partial charge >= 0.3 is 0 Å². The van der Waals surface area contributed by atoms with Crippen LogP contribution in [0.3, 0.4) is 0 Å². The van der Waals surface area contributed by atoms with Gasteiger partial charge in [0.15, 0.2) is 0 Å². The van der Waals surface area contributed by atoms with Crippen LogP contribution in [-0.2, 0) is 4.79 Å². The number of hydrogen-bond donors (Lipinski definition) is 1. The number of rotatable bonds is 9. The molecule has 0 bridgehead atoms. The molecule has 0 spiro atoms. The predicted molar refractivity (Wildman–Crippen MR) is 131 cm³/mol. The zero-order chi connectivity index (χ0) is 23.2. The van der Waals surface area contributed by atoms with Gasteiger partial charge in [-0.25, -0.2) is 0 Å². The van der Waals surface area contributed by atoms with E-state index in [1.165, 1.54) is 4.90 Å². The fourth-order valence-electron chi connectivity index (χ4n) is 4.07. The van der Waals surface area contributed by atoms with Crippen LogP contribution >= 0.6 is 15.9 Å². The Bertz CT molecular complexity index is 1110. The van der Waals surface area contributed by atoms with Crippen molar-refractivity contribution in [1.82, 2.24) is 10.2 Å². The molecule has 1 atom stereocenters. The number of nitrogens with zero attached hydrogens (tertiary/aromatic N) is 1. The Morgan fingerprint density at radius 3 is 1.97 bits per heavy atom. The van der Waals surface area contributed by atoms with Crippen molar-refractivity contribution in [3.63, 3.8) is 0 Å². The molecule has 33 heavy (non-hydrogen) atoms. The van der Waals surface area contributed by atoms with Crippen molar-refractivity contribution in [2.75, 3.05) is 6.54 Å². The number of amides is 3. The van der Waals surface area contributed by atoms with Crippen LogP contribution in [0.2, 0.25) is 0 Å². The normalized spacial score (nSPS) is 13.7. The predicted octanol–water partition coefficient (Wildman–Crippen LogP) is 5.51. The van der Waals surface area contributed by atoms with Gasteiger partial charge in [-0.3, -0.25) is 19.3 Å². The molecule has 0 saturated carbocycles. The van der Waals surface area contributed by atoms with Crippen molar-refractivity contribution in [1.29, 1.82) is 0 Å². The maximum absolute atomic E-state index is 12.7. The molecule has 5 nitrogen and oxygen atoms in total. The smallest absolute Gasteiger partial charge is 0.261 e. The Balaban J connectivity index is 1.27. The van der Waals surface area contributed by atoms with Gasteiger partial charge in [0.25, 0.3) is 11.8 Å². The first-order valence-corrected chi connectivity index (χ1v) is 11.9. The van der Waals surface area contributed by atoms with Crippen LogP contribution in [0.5, 0.6) is 0 Å². The maximum atomic E-state index is 12.7. The van der Waals surface area contributed by atoms with Crippen LogP contribution in [-0.4, -0.2) is 29.2 Å². The summed E-state index contributed by atoms with van der Waals surface area (Å²) in [4.78, 5) is 38.9. The van der Waals surface area contributed by atoms with Gasteiger partial charge in [0.2, 0.25) is 5.91 Å². The first kappa shape index (κ1) is 22.9. The third-order valence-corrected chi connectivity index (χ3v) is 6.33. The third-order valence-electron chi connectivity index (χ3n) is 5.81. The molecule has 168 valence electrons. The van der Waals surface area contributed by atoms with E-state index in [1.54, 1.807) is 24.3 Å². The molecule has 1 N–H and O–H groups in total. The summed E-state index contributed by atoms with van der Waals surface area (Å²) in [5.74, 6) is -0.477. The highest BCUT2D eigenvalue weighted by atomic mass is 79.9. The first-order valence-electron chi connectivity index (χ1n) is 11.1. The highest BCUT2D eigenvalue weighted by Crippen LogP contribution is 2.25. The Kier molecular flexibility index (Phi) is 7.35. The Labute approximate surface area is 201 Å². The van der Waals surface area contributed by atoms with E-state index in [1.807, 2.05) is 54.6 Å². The third kappa shape index (κ3) is 5.40. The van der Waals surface area contributed by atoms with E-state index in [0.717, 1.165) is 22.0 Å². The van der Waals surface area contributed by atoms with Crippen molar-refractivity contribution < 1.29 is 14.4 Å². The highest BCUT2D eigenvalue weighted by Gasteiger charge is 2.34. The lowest BCUT2D eigenvalue weighted by atomic mass is 9.98. The van der Waals surface area contributed by atoms with Crippen molar-refractivity contribution >= 4 is 33.7 Å². The van der Waals surface area contributed by atoms with Gasteiger partial charge in [-0.2, -0.15) is 0 Å². The molecule has 4 rings (SSSR count). The van der Waals surface area contributed by atoms with E-state index in [4.69, 9.17) is 0 Å². The summed E-state index contributed by atoms with van der Waals surface area (Å²) in [6.07, 6.45) is 2.52. The summed E-state index contributed by atoms with van der Waals surface area (Å²) in [5, 5.41) is 3.15. The monoisotopic (exact) mass is 504 g/mol. The second-order valence-corrected chi connectivity index (χ2v) is 9.00. The minimum atomic E-state index is -0.228. The lowest BCUT2D eigenvalue weighted by Crippen LogP contribution is -2.31. The van der Waals surface area contributed by atoms with Crippen LogP contribution in [0.15, 0.2) is 83.3 Å². The molecule has 3 aromatic carbocycles. The molecule has 3 amide bonds. The van der Waals surface area contributed by atoms with Crippen molar-refractivity contribution in [2.24, 2.45) is 0 Å². The highest BCUT2D eigenvalue weighted by molar-refractivity contribution is 9.10. The summed E-state index contributed by atoms with van der Waals surface area (Å²) in [6.45, 7) is 0.375. The molecular weight excluding hydrogens is 480 g/mol. The number of carbonyl (C=O) groups excluding carboxylic acids is 3. The Morgan fingerprint density at radius 2 is 1.33 bits per heavy atom. The van der Waals surface area contributed by atoms with Crippen LogP contribution < -0.4 is 5.32 Å². The number of hydrogen-bond acceptors (Lipinski definition) is 3. The summed E-state index contributed by atoms with van der Waals surface area (Å²) in [6, 6.07) is 24.5. The van der Waals surface area contributed by atoms with Crippen molar-refractivity contribution in [2.45, 2.75) is 31.7 Å². The minimum absolute atomic E-state index is 0.0208. The van der Waals surface area contributed by atoms with E-state index in [0.29, 0.717) is 36.9 Å². The van der Waals surface area contributed by atoms with Gasteiger partial charge < -0.3 is 5.32 Å². The SMILES string of the molecule is O=C(CCCCCN1C(=O)c2ccccc2C1=O)NC(c1ccccc1)c1ccc(Br)cc1. The number of fused-ring (bicyclic) bond motifs is 1. The number of unbranched alkanes of at least 4 members (excludes halogenated alkanes) is 2. The molecule has 1 aliphatic heterocycles. The second kappa shape index (κ2) is 10.6. The lowest BCUT2D eigenvalue weighted by Gasteiger charge is -2.20. The summed E-state index contributed by atoms with van der Waals surface area (Å²) < 4.78 is 0.988. The van der Waals surface area contributed by atoms with E-state index in [-0.39, 0.29) is 23.8 Å². The average molecular weight is 505 g/mol. The van der Waals surface area contributed by atoms with Crippen LogP contribution in [0.4, 0.5) is 0 Å². The first-order chi connectivity index (χ1) is 16.0. The molecule has 0 aliphatic carbocycles. The molecule has 1 aliphatic rings. The van der Waals surface area contributed by atoms with Gasteiger partial charge in [-0.1, -0.05) is 76.9 Å². The number of imide groups is 1. The van der Waals surface area contributed by atoms with Crippen LogP contribution in [0.1, 0.15) is 63.6 Å². The lowest BCUT2D eigenvalue weighted by molar-refractivity contribution is -0.121. The zero-order valence-corrected chi connectivity index (χ0v) is 19.8. The van der Waals surface area contributed by atoms with Gasteiger partial charge in [0, 0.05) is 17.4 Å². The molecule has 1 unspecified atom stereocenters. The van der Waals surface area contributed by atoms with Gasteiger partial charge in [-0.15, -0.1) is 0 Å². The van der Waals surface area contributed by atoms with Crippen molar-refractivity contribution in [3.05, 3.63) is 106 Å². The molecular formula is C27H25BrN2O3. The molecule has 0 saturated heterocycles. The summed E-state index contributed by atoms with van der Waals surface area (Å²) in [7, 11) is 0. The Morgan fingerprint density at radius 1 is 0.758 bits per heavy atom. The van der Waals surface area contributed by atoms with Gasteiger partial charge in [-0.05, 0) is 48.2 Å². The number of benzene rings is 3. The molecule has 0 fully saturated rings. The summed E-state index contributed by atoms with van der Waals surface area (Å²) in [5.41, 5.74) is 2.99. The summed E-state index contributed by atoms with van der Waals surface area (Å²) >= 11 is 3.46. The molecule has 0 aromatic heterocycles. The van der Waals surface area contributed by atoms with Crippen molar-refractivity contribution in [3.8, 4) is 0 Å². The molecule has 0 radical (unpaired) electrons. The topological polar surface area (TPSA) is 66.5 Å². The van der Waals surface area contributed by atoms with E-state index < -0.39 is 0 Å². The van der Waals surface area contributed by atoms with E-state index >= 15 is 0 Å². The van der Waals surface area contributed by atoms with Crippen LogP contribution in [0, 0.1) is 0 Å². The maximum Gasteiger partial charge on any atom is 0.261 e. The second-order valence-electron chi connectivity index (χ2n) is 8.08. The zero-order valence-electron chi connectivity index (χ0n) is 18.2. The average Bonchev–Trinajstić information content (AvgIpc) is 3.08. The Hall–Kier alpha value is -3.25. The number of nitrogens with one attached hydrogen (secondary N) is 1. The molecule has 3 aromatic rings. The van der Waals surface area contributed by atoms with Gasteiger partial charge in [0.1, 0.15) is 0 Å². The standard InChI is InChI=1S/C27H25BrN2O3/c28-21-16-14-20(15-17-21)25(19-9-3-1-4-10-19)29-24(31)13-5-2-8-18-30-26(32)22-11-6-7-12-23(22)27(30)33/h1,3-4,6-7,9-12,14-17,25H,2,5,8,13,18H2,(H,29,31). The molecule has 6 heteroatoms.